The lowest BCUT2D eigenvalue weighted by atomic mass is 9.85. The van der Waals surface area contributed by atoms with Crippen molar-refractivity contribution in [1.29, 1.82) is 0 Å². The summed E-state index contributed by atoms with van der Waals surface area (Å²) in [5, 5.41) is 1.23. The van der Waals surface area contributed by atoms with E-state index >= 15 is 8.42 Å². The molecular formula is C39H46N4O6S. The van der Waals surface area contributed by atoms with E-state index in [9.17, 15) is 0 Å². The van der Waals surface area contributed by atoms with E-state index in [-0.39, 0.29) is 13.6 Å². The van der Waals surface area contributed by atoms with E-state index in [1.807, 2.05) is 110 Å². The van der Waals surface area contributed by atoms with Gasteiger partial charge in [0.1, 0.15) is 11.5 Å². The molecule has 0 saturated carbocycles. The van der Waals surface area contributed by atoms with Crippen molar-refractivity contribution in [2.24, 2.45) is 0 Å². The van der Waals surface area contributed by atoms with Gasteiger partial charge in [0, 0.05) is 81.6 Å². The molecule has 0 N–H and O–H groups in total. The molecule has 5 aromatic rings. The molecule has 1 saturated heterocycles. The number of likely N-dealkylation sites (N-methyl/N-ethyl adjacent to an activating group) is 1. The predicted molar refractivity (Wildman–Crippen MR) is 197 cm³/mol. The normalized spacial score (nSPS) is 14.2. The van der Waals surface area contributed by atoms with Crippen LogP contribution in [0.3, 0.4) is 0 Å². The van der Waals surface area contributed by atoms with Crippen molar-refractivity contribution in [3.8, 4) is 11.5 Å². The second-order valence-electron chi connectivity index (χ2n) is 12.6. The maximum atomic E-state index is 15.2. The molecule has 50 heavy (non-hydrogen) atoms. The van der Waals surface area contributed by atoms with E-state index < -0.39 is 15.9 Å². The molecule has 4 aromatic carbocycles. The van der Waals surface area contributed by atoms with Crippen LogP contribution in [0.2, 0.25) is 0 Å². The molecule has 10 nitrogen and oxygen atoms in total. The predicted octanol–water partition coefficient (Wildman–Crippen LogP) is 5.86. The maximum Gasteiger partial charge on any atom is 0.259 e. The monoisotopic (exact) mass is 698 g/mol. The lowest BCUT2D eigenvalue weighted by Crippen LogP contribution is -2.49. The number of hydrogen-bond donors (Lipinski definition) is 0. The molecule has 1 aliphatic heterocycles. The highest BCUT2D eigenvalue weighted by Crippen LogP contribution is 2.43. The molecule has 0 aliphatic carbocycles. The molecule has 264 valence electrons. The molecule has 1 aliphatic rings. The first-order valence-corrected chi connectivity index (χ1v) is 18.2. The molecule has 1 fully saturated rings. The van der Waals surface area contributed by atoms with E-state index in [2.05, 4.69) is 21.9 Å². The lowest BCUT2D eigenvalue weighted by molar-refractivity contribution is 0.0509. The SMILES string of the molecule is COCOc1ccc(C(c2ccc(OCOC)cc2)c2c(S(=O)(=O)N3CCN(c4ccccc4)CC3)n(CCN(C)C)c3ccccc23)cc1. The molecule has 6 rings (SSSR count). The Morgan fingerprint density at radius 1 is 0.700 bits per heavy atom. The molecule has 0 amide bonds. The largest absolute Gasteiger partial charge is 0.468 e. The van der Waals surface area contributed by atoms with Gasteiger partial charge in [-0.05, 0) is 67.7 Å². The number of ether oxygens (including phenoxy) is 4. The number of fused-ring (bicyclic) bond motifs is 1. The number of nitrogens with zero attached hydrogens (tertiary/aromatic N) is 4. The third kappa shape index (κ3) is 7.67. The Bertz CT molecular complexity index is 1890. The average molecular weight is 699 g/mol. The second-order valence-corrected chi connectivity index (χ2v) is 14.4. The summed E-state index contributed by atoms with van der Waals surface area (Å²) in [5.74, 6) is 0.897. The Morgan fingerprint density at radius 2 is 1.24 bits per heavy atom. The van der Waals surface area contributed by atoms with Crippen LogP contribution >= 0.6 is 0 Å². The number of sulfonamides is 1. The van der Waals surface area contributed by atoms with Crippen LogP contribution in [-0.2, 0) is 26.0 Å². The van der Waals surface area contributed by atoms with E-state index in [1.54, 1.807) is 18.5 Å². The van der Waals surface area contributed by atoms with Crippen molar-refractivity contribution in [2.75, 3.05) is 79.5 Å². The number of benzene rings is 4. The maximum absolute atomic E-state index is 15.2. The van der Waals surface area contributed by atoms with Gasteiger partial charge in [0.15, 0.2) is 18.6 Å². The second kappa shape index (κ2) is 16.1. The van der Waals surface area contributed by atoms with Crippen LogP contribution in [-0.4, -0.2) is 96.8 Å². The third-order valence-electron chi connectivity index (χ3n) is 9.08. The minimum atomic E-state index is -3.97. The molecule has 2 heterocycles. The topological polar surface area (TPSA) is 85.7 Å². The van der Waals surface area contributed by atoms with Gasteiger partial charge >= 0.3 is 0 Å². The Balaban J connectivity index is 1.52. The summed E-state index contributed by atoms with van der Waals surface area (Å²) in [6.45, 7) is 3.41. The average Bonchev–Trinajstić information content (AvgIpc) is 3.48. The smallest absolute Gasteiger partial charge is 0.259 e. The van der Waals surface area contributed by atoms with Gasteiger partial charge in [0.25, 0.3) is 10.0 Å². The van der Waals surface area contributed by atoms with Gasteiger partial charge in [-0.15, -0.1) is 0 Å². The Hall–Kier alpha value is -4.39. The summed E-state index contributed by atoms with van der Waals surface area (Å²) in [7, 11) is 3.21. The number of para-hydroxylation sites is 2. The van der Waals surface area contributed by atoms with Crippen LogP contribution in [0.5, 0.6) is 11.5 Å². The molecule has 0 unspecified atom stereocenters. The lowest BCUT2D eigenvalue weighted by Gasteiger charge is -2.36. The zero-order chi connectivity index (χ0) is 35.1. The van der Waals surface area contributed by atoms with Gasteiger partial charge < -0.3 is 33.3 Å². The van der Waals surface area contributed by atoms with Crippen molar-refractivity contribution in [3.63, 3.8) is 0 Å². The van der Waals surface area contributed by atoms with Crippen molar-refractivity contribution in [1.82, 2.24) is 13.8 Å². The molecule has 11 heteroatoms. The van der Waals surface area contributed by atoms with E-state index in [1.165, 1.54) is 0 Å². The van der Waals surface area contributed by atoms with Gasteiger partial charge in [-0.25, -0.2) is 8.42 Å². The van der Waals surface area contributed by atoms with Crippen LogP contribution in [0, 0.1) is 0 Å². The van der Waals surface area contributed by atoms with Crippen molar-refractivity contribution in [2.45, 2.75) is 17.5 Å². The molecule has 1 aromatic heterocycles. The first kappa shape index (κ1) is 35.4. The minimum absolute atomic E-state index is 0.130. The van der Waals surface area contributed by atoms with Crippen LogP contribution in [0.15, 0.2) is 108 Å². The van der Waals surface area contributed by atoms with Gasteiger partial charge in [0.05, 0.1) is 0 Å². The molecule has 0 bridgehead atoms. The summed E-state index contributed by atoms with van der Waals surface area (Å²) in [6.07, 6.45) is 0. The summed E-state index contributed by atoms with van der Waals surface area (Å²) in [4.78, 5) is 4.33. The van der Waals surface area contributed by atoms with E-state index in [0.717, 1.165) is 33.3 Å². The highest BCUT2D eigenvalue weighted by atomic mass is 32.2. The Labute approximate surface area is 295 Å². The van der Waals surface area contributed by atoms with Gasteiger partial charge in [-0.3, -0.25) is 0 Å². The summed E-state index contributed by atoms with van der Waals surface area (Å²) < 4.78 is 55.7. The summed E-state index contributed by atoms with van der Waals surface area (Å²) in [5.41, 5.74) is 4.60. The fraction of sp³-hybridized carbons (Fsp3) is 0.333. The van der Waals surface area contributed by atoms with Crippen LogP contribution in [0.1, 0.15) is 22.6 Å². The van der Waals surface area contributed by atoms with Crippen LogP contribution in [0.4, 0.5) is 5.69 Å². The van der Waals surface area contributed by atoms with Crippen molar-refractivity contribution < 1.29 is 27.4 Å². The van der Waals surface area contributed by atoms with Crippen LogP contribution in [0.25, 0.3) is 10.9 Å². The van der Waals surface area contributed by atoms with Gasteiger partial charge in [-0.2, -0.15) is 4.31 Å². The van der Waals surface area contributed by atoms with Gasteiger partial charge in [0.2, 0.25) is 0 Å². The number of aromatic nitrogens is 1. The minimum Gasteiger partial charge on any atom is -0.468 e. The number of piperazine rings is 1. The fourth-order valence-electron chi connectivity index (χ4n) is 6.63. The highest BCUT2D eigenvalue weighted by molar-refractivity contribution is 7.89. The molecule has 0 radical (unpaired) electrons. The zero-order valence-corrected chi connectivity index (χ0v) is 30.0. The zero-order valence-electron chi connectivity index (χ0n) is 29.2. The van der Waals surface area contributed by atoms with Gasteiger partial charge in [-0.1, -0.05) is 60.7 Å². The van der Waals surface area contributed by atoms with E-state index in [4.69, 9.17) is 18.9 Å². The number of hydrogen-bond acceptors (Lipinski definition) is 8. The summed E-state index contributed by atoms with van der Waals surface area (Å²) in [6, 6.07) is 33.8. The summed E-state index contributed by atoms with van der Waals surface area (Å²) >= 11 is 0. The standard InChI is InChI=1S/C39H46N4O6S/c1-40(2)22-27-43-36-13-9-8-12-35(36)38(39(43)50(44,45)42-25-23-41(24-26-42)32-10-6-5-7-11-32)37(30-14-18-33(19-15-30)48-28-46-3)31-16-20-34(21-17-31)49-29-47-4/h5-21,37H,22-29H2,1-4H3. The first-order valence-electron chi connectivity index (χ1n) is 16.8. The molecule has 0 spiro atoms. The number of anilines is 1. The Morgan fingerprint density at radius 3 is 1.78 bits per heavy atom. The molecule has 0 atom stereocenters. The first-order chi connectivity index (χ1) is 24.3. The van der Waals surface area contributed by atoms with E-state index in [0.29, 0.717) is 55.8 Å². The van der Waals surface area contributed by atoms with Crippen molar-refractivity contribution >= 4 is 26.6 Å². The Kier molecular flexibility index (Phi) is 11.4. The number of methoxy groups -OCH3 is 2. The van der Waals surface area contributed by atoms with Crippen molar-refractivity contribution in [3.05, 3.63) is 120 Å². The quantitative estimate of drug-likeness (QED) is 0.126. The number of rotatable bonds is 15. The molecular weight excluding hydrogens is 653 g/mol. The third-order valence-corrected chi connectivity index (χ3v) is 11.1. The fourth-order valence-corrected chi connectivity index (χ4v) is 8.49. The van der Waals surface area contributed by atoms with Crippen LogP contribution < -0.4 is 14.4 Å². The highest BCUT2D eigenvalue weighted by Gasteiger charge is 2.38.